The average Bonchev–Trinajstić information content (AvgIpc) is 3.24. The molecule has 5 heteroatoms. The Morgan fingerprint density at radius 2 is 2.05 bits per heavy atom. The summed E-state index contributed by atoms with van der Waals surface area (Å²) in [6.07, 6.45) is 5.66. The van der Waals surface area contributed by atoms with E-state index in [1.54, 1.807) is 6.07 Å². The summed E-state index contributed by atoms with van der Waals surface area (Å²) in [5.41, 5.74) is 1.34. The molecule has 3 rings (SSSR count). The van der Waals surface area contributed by atoms with Crippen LogP contribution in [0.2, 0.25) is 0 Å². The van der Waals surface area contributed by atoms with Gasteiger partial charge in [0.25, 0.3) is 0 Å². The number of rotatable bonds is 4. The number of aromatic nitrogens is 1. The molecule has 1 aromatic heterocycles. The Labute approximate surface area is 112 Å². The zero-order chi connectivity index (χ0) is 13.2. The van der Waals surface area contributed by atoms with Crippen LogP contribution in [0.1, 0.15) is 47.5 Å². The van der Waals surface area contributed by atoms with Gasteiger partial charge in [0.05, 0.1) is 5.56 Å². The Morgan fingerprint density at radius 3 is 2.68 bits per heavy atom. The van der Waals surface area contributed by atoms with Crippen molar-refractivity contribution < 1.29 is 14.6 Å². The number of carbonyl (C=O) groups is 1. The van der Waals surface area contributed by atoms with Crippen molar-refractivity contribution >= 4 is 11.8 Å². The number of anilines is 1. The van der Waals surface area contributed by atoms with Crippen molar-refractivity contribution in [3.05, 3.63) is 23.4 Å². The second-order valence-corrected chi connectivity index (χ2v) is 5.27. The number of nitrogens with zero attached hydrogens (tertiary/aromatic N) is 1. The fraction of sp³-hybridized carbons (Fsp3) is 0.571. The van der Waals surface area contributed by atoms with Gasteiger partial charge in [0.1, 0.15) is 5.82 Å². The summed E-state index contributed by atoms with van der Waals surface area (Å²) in [4.78, 5) is 15.3. The van der Waals surface area contributed by atoms with Gasteiger partial charge in [0.2, 0.25) is 0 Å². The highest BCUT2D eigenvalue weighted by atomic mass is 16.5. The Kier molecular flexibility index (Phi) is 3.38. The standard InChI is InChI=1S/C14H18N2O3/c17-14(18)10-7-12(9-1-2-9)13(15-8-10)16-11-3-5-19-6-4-11/h7-9,11H,1-6H2,(H,15,16)(H,17,18). The highest BCUT2D eigenvalue weighted by Crippen LogP contribution is 2.43. The van der Waals surface area contributed by atoms with Gasteiger partial charge in [-0.15, -0.1) is 0 Å². The lowest BCUT2D eigenvalue weighted by Gasteiger charge is -2.24. The number of ether oxygens (including phenoxy) is 1. The molecule has 0 unspecified atom stereocenters. The molecule has 2 aliphatic rings. The number of nitrogens with one attached hydrogen (secondary N) is 1. The van der Waals surface area contributed by atoms with Gasteiger partial charge < -0.3 is 15.2 Å². The van der Waals surface area contributed by atoms with Crippen LogP contribution in [0.25, 0.3) is 0 Å². The maximum absolute atomic E-state index is 11.0. The lowest BCUT2D eigenvalue weighted by molar-refractivity contribution is 0.0696. The Balaban J connectivity index is 1.81. The number of hydrogen-bond acceptors (Lipinski definition) is 4. The molecular formula is C14H18N2O3. The Morgan fingerprint density at radius 1 is 1.32 bits per heavy atom. The van der Waals surface area contributed by atoms with E-state index < -0.39 is 5.97 Å². The number of hydrogen-bond donors (Lipinski definition) is 2. The van der Waals surface area contributed by atoms with Gasteiger partial charge in [-0.05, 0) is 43.2 Å². The monoisotopic (exact) mass is 262 g/mol. The van der Waals surface area contributed by atoms with Crippen molar-refractivity contribution in [1.29, 1.82) is 0 Å². The molecule has 0 spiro atoms. The van der Waals surface area contributed by atoms with Gasteiger partial charge in [-0.1, -0.05) is 0 Å². The second kappa shape index (κ2) is 5.17. The summed E-state index contributed by atoms with van der Waals surface area (Å²) in [5.74, 6) is 0.431. The Hall–Kier alpha value is -1.62. The summed E-state index contributed by atoms with van der Waals surface area (Å²) in [7, 11) is 0. The predicted octanol–water partition coefficient (Wildman–Crippen LogP) is 2.25. The fourth-order valence-electron chi connectivity index (χ4n) is 2.46. The van der Waals surface area contributed by atoms with Crippen molar-refractivity contribution in [2.24, 2.45) is 0 Å². The van der Waals surface area contributed by atoms with Gasteiger partial charge in [0.15, 0.2) is 0 Å². The molecule has 1 saturated heterocycles. The van der Waals surface area contributed by atoms with Crippen LogP contribution in [0.5, 0.6) is 0 Å². The number of aromatic carboxylic acids is 1. The van der Waals surface area contributed by atoms with Crippen LogP contribution in [0.3, 0.4) is 0 Å². The zero-order valence-corrected chi connectivity index (χ0v) is 10.8. The van der Waals surface area contributed by atoms with E-state index in [-0.39, 0.29) is 5.56 Å². The van der Waals surface area contributed by atoms with Crippen LogP contribution >= 0.6 is 0 Å². The van der Waals surface area contributed by atoms with E-state index in [1.165, 1.54) is 6.20 Å². The van der Waals surface area contributed by atoms with E-state index in [2.05, 4.69) is 10.3 Å². The molecule has 1 aliphatic carbocycles. The summed E-state index contributed by atoms with van der Waals surface area (Å²) < 4.78 is 5.34. The van der Waals surface area contributed by atoms with E-state index >= 15 is 0 Å². The van der Waals surface area contributed by atoms with Crippen LogP contribution < -0.4 is 5.32 Å². The third-order valence-electron chi connectivity index (χ3n) is 3.74. The number of carboxylic acid groups (broad SMARTS) is 1. The molecule has 1 aliphatic heterocycles. The molecule has 0 aromatic carbocycles. The second-order valence-electron chi connectivity index (χ2n) is 5.27. The molecule has 0 radical (unpaired) electrons. The maximum atomic E-state index is 11.0. The first-order valence-corrected chi connectivity index (χ1v) is 6.81. The Bertz CT molecular complexity index is 480. The molecule has 1 aromatic rings. The highest BCUT2D eigenvalue weighted by Gasteiger charge is 2.28. The van der Waals surface area contributed by atoms with Crippen LogP contribution in [-0.2, 0) is 4.74 Å². The minimum atomic E-state index is -0.910. The molecule has 2 fully saturated rings. The average molecular weight is 262 g/mol. The summed E-state index contributed by atoms with van der Waals surface area (Å²) in [6, 6.07) is 2.16. The normalized spacial score (nSPS) is 20.2. The smallest absolute Gasteiger partial charge is 0.337 e. The van der Waals surface area contributed by atoms with Crippen LogP contribution in [0.4, 0.5) is 5.82 Å². The minimum absolute atomic E-state index is 0.277. The summed E-state index contributed by atoms with van der Waals surface area (Å²) in [5, 5.41) is 12.5. The third-order valence-corrected chi connectivity index (χ3v) is 3.74. The van der Waals surface area contributed by atoms with Gasteiger partial charge in [0, 0.05) is 25.5 Å². The molecule has 1 saturated carbocycles. The van der Waals surface area contributed by atoms with Gasteiger partial charge in [-0.3, -0.25) is 0 Å². The first-order valence-electron chi connectivity index (χ1n) is 6.81. The van der Waals surface area contributed by atoms with E-state index in [4.69, 9.17) is 9.84 Å². The van der Waals surface area contributed by atoms with Crippen LogP contribution in [0.15, 0.2) is 12.3 Å². The fourth-order valence-corrected chi connectivity index (χ4v) is 2.46. The highest BCUT2D eigenvalue weighted by molar-refractivity contribution is 5.88. The van der Waals surface area contributed by atoms with Gasteiger partial charge in [-0.25, -0.2) is 9.78 Å². The van der Waals surface area contributed by atoms with Crippen LogP contribution in [-0.4, -0.2) is 35.3 Å². The topological polar surface area (TPSA) is 71.5 Å². The van der Waals surface area contributed by atoms with Crippen molar-refractivity contribution in [1.82, 2.24) is 4.98 Å². The first-order chi connectivity index (χ1) is 9.24. The molecule has 2 heterocycles. The number of carboxylic acids is 1. The van der Waals surface area contributed by atoms with Gasteiger partial charge >= 0.3 is 5.97 Å². The van der Waals surface area contributed by atoms with Gasteiger partial charge in [-0.2, -0.15) is 0 Å². The first kappa shape index (κ1) is 12.4. The van der Waals surface area contributed by atoms with Crippen molar-refractivity contribution in [2.45, 2.75) is 37.6 Å². The van der Waals surface area contributed by atoms with Crippen molar-refractivity contribution in [3.63, 3.8) is 0 Å². The lowest BCUT2D eigenvalue weighted by Crippen LogP contribution is -2.28. The molecular weight excluding hydrogens is 244 g/mol. The van der Waals surface area contributed by atoms with E-state index in [9.17, 15) is 4.79 Å². The molecule has 0 atom stereocenters. The lowest BCUT2D eigenvalue weighted by atomic mass is 10.1. The molecule has 2 N–H and O–H groups in total. The predicted molar refractivity (Wildman–Crippen MR) is 70.6 cm³/mol. The van der Waals surface area contributed by atoms with Crippen molar-refractivity contribution in [3.8, 4) is 0 Å². The SMILES string of the molecule is O=C(O)c1cnc(NC2CCOCC2)c(C2CC2)c1. The molecule has 0 amide bonds. The van der Waals surface area contributed by atoms with Crippen LogP contribution in [0, 0.1) is 0 Å². The van der Waals surface area contributed by atoms with E-state index in [1.807, 2.05) is 0 Å². The molecule has 0 bridgehead atoms. The maximum Gasteiger partial charge on any atom is 0.337 e. The van der Waals surface area contributed by atoms with E-state index in [0.717, 1.165) is 50.3 Å². The third kappa shape index (κ3) is 2.87. The molecule has 19 heavy (non-hydrogen) atoms. The largest absolute Gasteiger partial charge is 0.478 e. The molecule has 102 valence electrons. The summed E-state index contributed by atoms with van der Waals surface area (Å²) in [6.45, 7) is 1.56. The van der Waals surface area contributed by atoms with Crippen molar-refractivity contribution in [2.75, 3.05) is 18.5 Å². The van der Waals surface area contributed by atoms with E-state index in [0.29, 0.717) is 12.0 Å². The zero-order valence-electron chi connectivity index (χ0n) is 10.8. The summed E-state index contributed by atoms with van der Waals surface area (Å²) >= 11 is 0. The number of pyridine rings is 1. The minimum Gasteiger partial charge on any atom is -0.478 e. The molecule has 5 nitrogen and oxygen atoms in total. The quantitative estimate of drug-likeness (QED) is 0.870.